The summed E-state index contributed by atoms with van der Waals surface area (Å²) in [5, 5.41) is 8.15. The van der Waals surface area contributed by atoms with Gasteiger partial charge in [0, 0.05) is 26.2 Å². The quantitative estimate of drug-likeness (QED) is 0.542. The van der Waals surface area contributed by atoms with Gasteiger partial charge in [0.1, 0.15) is 5.54 Å². The van der Waals surface area contributed by atoms with Crippen LogP contribution in [0, 0.1) is 0 Å². The number of hydrogen-bond donors (Lipinski definition) is 3. The number of piperidine rings is 1. The van der Waals surface area contributed by atoms with Crippen molar-refractivity contribution in [3.8, 4) is 0 Å². The van der Waals surface area contributed by atoms with Gasteiger partial charge in [-0.3, -0.25) is 14.9 Å². The highest BCUT2D eigenvalue weighted by Gasteiger charge is 2.48. The van der Waals surface area contributed by atoms with Gasteiger partial charge in [0.25, 0.3) is 5.91 Å². The Morgan fingerprint density at radius 3 is 2.67 bits per heavy atom. The largest absolute Gasteiger partial charge is 0.375 e. The van der Waals surface area contributed by atoms with E-state index in [0.717, 1.165) is 6.54 Å². The van der Waals surface area contributed by atoms with E-state index in [4.69, 9.17) is 4.74 Å². The molecule has 0 bridgehead atoms. The summed E-state index contributed by atoms with van der Waals surface area (Å²) in [6.45, 7) is 3.11. The third-order valence-electron chi connectivity index (χ3n) is 4.39. The first-order chi connectivity index (χ1) is 10.1. The fourth-order valence-corrected chi connectivity index (χ4v) is 3.09. The Kier molecular flexibility index (Phi) is 3.81. The zero-order valence-corrected chi connectivity index (χ0v) is 11.8. The number of amides is 4. The smallest absolute Gasteiger partial charge is 0.322 e. The molecule has 3 N–H and O–H groups in total. The highest BCUT2D eigenvalue weighted by Crippen LogP contribution is 2.26. The predicted molar refractivity (Wildman–Crippen MR) is 72.4 cm³/mol. The number of imide groups is 1. The van der Waals surface area contributed by atoms with Gasteiger partial charge in [-0.25, -0.2) is 4.79 Å². The molecular formula is C13H20N4O4. The monoisotopic (exact) mass is 296 g/mol. The molecule has 1 spiro atoms. The number of carbonyl (C=O) groups excluding carboxylic acids is 3. The normalized spacial score (nSPS) is 28.4. The van der Waals surface area contributed by atoms with Crippen LogP contribution < -0.4 is 16.0 Å². The van der Waals surface area contributed by atoms with Crippen molar-refractivity contribution < 1.29 is 19.1 Å². The van der Waals surface area contributed by atoms with Gasteiger partial charge in [0.15, 0.2) is 0 Å². The van der Waals surface area contributed by atoms with E-state index in [-0.39, 0.29) is 17.9 Å². The van der Waals surface area contributed by atoms with Gasteiger partial charge in [-0.05, 0) is 12.8 Å². The van der Waals surface area contributed by atoms with Gasteiger partial charge in [0.2, 0.25) is 5.91 Å². The van der Waals surface area contributed by atoms with Crippen LogP contribution in [-0.2, 0) is 14.3 Å². The molecule has 8 nitrogen and oxygen atoms in total. The Bertz CT molecular complexity index is 453. The van der Waals surface area contributed by atoms with Gasteiger partial charge < -0.3 is 20.3 Å². The van der Waals surface area contributed by atoms with E-state index < -0.39 is 11.6 Å². The van der Waals surface area contributed by atoms with Gasteiger partial charge in [-0.2, -0.15) is 0 Å². The third kappa shape index (κ3) is 2.86. The molecule has 4 amide bonds. The standard InChI is InChI=1S/C13H20N4O4/c18-10(7-9-8-14-3-6-21-9)17-4-1-13(2-5-17)11(19)15-12(20)16-13/h9,14H,1-8H2,(H2,15,16,19,20). The van der Waals surface area contributed by atoms with Crippen LogP contribution in [0.15, 0.2) is 0 Å². The van der Waals surface area contributed by atoms with Crippen molar-refractivity contribution in [3.63, 3.8) is 0 Å². The molecule has 0 aromatic carbocycles. The Morgan fingerprint density at radius 1 is 1.33 bits per heavy atom. The summed E-state index contributed by atoms with van der Waals surface area (Å²) < 4.78 is 5.53. The summed E-state index contributed by atoms with van der Waals surface area (Å²) >= 11 is 0. The highest BCUT2D eigenvalue weighted by atomic mass is 16.5. The Labute approximate surface area is 122 Å². The number of rotatable bonds is 2. The van der Waals surface area contributed by atoms with Gasteiger partial charge >= 0.3 is 6.03 Å². The predicted octanol–water partition coefficient (Wildman–Crippen LogP) is -1.43. The van der Waals surface area contributed by atoms with Crippen LogP contribution in [0.4, 0.5) is 4.79 Å². The van der Waals surface area contributed by atoms with Crippen molar-refractivity contribution in [2.24, 2.45) is 0 Å². The molecule has 3 saturated heterocycles. The Morgan fingerprint density at radius 2 is 2.10 bits per heavy atom. The lowest BCUT2D eigenvalue weighted by molar-refractivity contribution is -0.138. The molecule has 0 aliphatic carbocycles. The van der Waals surface area contributed by atoms with Crippen molar-refractivity contribution in [2.45, 2.75) is 30.9 Å². The van der Waals surface area contributed by atoms with E-state index in [0.29, 0.717) is 45.5 Å². The second-order valence-electron chi connectivity index (χ2n) is 5.77. The average molecular weight is 296 g/mol. The first kappa shape index (κ1) is 14.3. The lowest BCUT2D eigenvalue weighted by atomic mass is 9.87. The molecule has 3 aliphatic rings. The van der Waals surface area contributed by atoms with Crippen LogP contribution in [0.25, 0.3) is 0 Å². The van der Waals surface area contributed by atoms with Crippen LogP contribution in [0.1, 0.15) is 19.3 Å². The van der Waals surface area contributed by atoms with Crippen LogP contribution in [-0.4, -0.2) is 67.2 Å². The molecule has 1 unspecified atom stereocenters. The van der Waals surface area contributed by atoms with E-state index in [1.165, 1.54) is 0 Å². The molecule has 3 heterocycles. The van der Waals surface area contributed by atoms with Crippen molar-refractivity contribution in [2.75, 3.05) is 32.8 Å². The fourth-order valence-electron chi connectivity index (χ4n) is 3.09. The summed E-state index contributed by atoms with van der Waals surface area (Å²) in [4.78, 5) is 37.1. The Hall–Kier alpha value is -1.67. The van der Waals surface area contributed by atoms with Crippen LogP contribution in [0.2, 0.25) is 0 Å². The maximum atomic E-state index is 12.2. The van der Waals surface area contributed by atoms with Crippen LogP contribution in [0.3, 0.4) is 0 Å². The number of carbonyl (C=O) groups is 3. The summed E-state index contributed by atoms with van der Waals surface area (Å²) in [6.07, 6.45) is 1.20. The molecular weight excluding hydrogens is 276 g/mol. The summed E-state index contributed by atoms with van der Waals surface area (Å²) in [7, 11) is 0. The van der Waals surface area contributed by atoms with E-state index >= 15 is 0 Å². The number of nitrogens with one attached hydrogen (secondary N) is 3. The second-order valence-corrected chi connectivity index (χ2v) is 5.77. The molecule has 0 radical (unpaired) electrons. The number of morpholine rings is 1. The van der Waals surface area contributed by atoms with Gasteiger partial charge in [-0.15, -0.1) is 0 Å². The molecule has 0 saturated carbocycles. The molecule has 0 aromatic heterocycles. The van der Waals surface area contributed by atoms with Crippen LogP contribution >= 0.6 is 0 Å². The number of hydrogen-bond acceptors (Lipinski definition) is 5. The van der Waals surface area contributed by atoms with Gasteiger partial charge in [0.05, 0.1) is 19.1 Å². The fraction of sp³-hybridized carbons (Fsp3) is 0.769. The van der Waals surface area contributed by atoms with Crippen molar-refractivity contribution >= 4 is 17.8 Å². The summed E-state index contributed by atoms with van der Waals surface area (Å²) in [6, 6.07) is -0.443. The zero-order chi connectivity index (χ0) is 14.9. The summed E-state index contributed by atoms with van der Waals surface area (Å²) in [5.74, 6) is -0.234. The molecule has 0 aromatic rings. The molecule has 21 heavy (non-hydrogen) atoms. The SMILES string of the molecule is O=C1NC(=O)C2(CCN(C(=O)CC3CNCCO3)CC2)N1. The Balaban J connectivity index is 1.52. The van der Waals surface area contributed by atoms with E-state index in [1.807, 2.05) is 0 Å². The topological polar surface area (TPSA) is 99.8 Å². The molecule has 116 valence electrons. The number of ether oxygens (including phenoxy) is 1. The van der Waals surface area contributed by atoms with E-state index in [1.54, 1.807) is 4.90 Å². The number of nitrogens with zero attached hydrogens (tertiary/aromatic N) is 1. The van der Waals surface area contributed by atoms with Crippen LogP contribution in [0.5, 0.6) is 0 Å². The maximum absolute atomic E-state index is 12.2. The molecule has 1 atom stereocenters. The molecule has 8 heteroatoms. The maximum Gasteiger partial charge on any atom is 0.322 e. The minimum absolute atomic E-state index is 0.0447. The molecule has 3 rings (SSSR count). The first-order valence-electron chi connectivity index (χ1n) is 7.33. The van der Waals surface area contributed by atoms with Crippen molar-refractivity contribution in [1.29, 1.82) is 0 Å². The lowest BCUT2D eigenvalue weighted by Gasteiger charge is -2.37. The number of likely N-dealkylation sites (tertiary alicyclic amines) is 1. The molecule has 3 aliphatic heterocycles. The van der Waals surface area contributed by atoms with E-state index in [2.05, 4.69) is 16.0 Å². The minimum Gasteiger partial charge on any atom is -0.375 e. The zero-order valence-electron chi connectivity index (χ0n) is 11.8. The van der Waals surface area contributed by atoms with E-state index in [9.17, 15) is 14.4 Å². The third-order valence-corrected chi connectivity index (χ3v) is 4.39. The minimum atomic E-state index is -0.823. The summed E-state index contributed by atoms with van der Waals surface area (Å²) in [5.41, 5.74) is -0.823. The first-order valence-corrected chi connectivity index (χ1v) is 7.33. The van der Waals surface area contributed by atoms with Crippen molar-refractivity contribution in [3.05, 3.63) is 0 Å². The van der Waals surface area contributed by atoms with Gasteiger partial charge in [-0.1, -0.05) is 0 Å². The molecule has 3 fully saturated rings. The average Bonchev–Trinajstić information content (AvgIpc) is 2.74. The highest BCUT2D eigenvalue weighted by molar-refractivity contribution is 6.07. The lowest BCUT2D eigenvalue weighted by Crippen LogP contribution is -2.56. The number of urea groups is 1. The second kappa shape index (κ2) is 5.61. The van der Waals surface area contributed by atoms with Crippen molar-refractivity contribution in [1.82, 2.24) is 20.9 Å².